The molecule has 148 valence electrons. The van der Waals surface area contributed by atoms with Gasteiger partial charge in [-0.25, -0.2) is 9.97 Å². The van der Waals surface area contributed by atoms with Gasteiger partial charge in [0.1, 0.15) is 11.4 Å². The number of rotatable bonds is 7. The van der Waals surface area contributed by atoms with Gasteiger partial charge in [-0.05, 0) is 31.0 Å². The maximum Gasteiger partial charge on any atom is 0.267 e. The summed E-state index contributed by atoms with van der Waals surface area (Å²) >= 11 is 0. The number of carbonyl (C=O) groups excluding carboxylic acids is 2. The van der Waals surface area contributed by atoms with Crippen LogP contribution >= 0.6 is 0 Å². The van der Waals surface area contributed by atoms with Crippen LogP contribution in [0.15, 0.2) is 24.3 Å². The molecule has 1 aromatic heterocycles. The van der Waals surface area contributed by atoms with Crippen molar-refractivity contribution in [3.63, 3.8) is 0 Å². The van der Waals surface area contributed by atoms with Gasteiger partial charge >= 0.3 is 0 Å². The van der Waals surface area contributed by atoms with E-state index in [1.807, 2.05) is 31.2 Å². The number of benzene rings is 1. The minimum Gasteiger partial charge on any atom is -0.497 e. The van der Waals surface area contributed by atoms with E-state index in [0.29, 0.717) is 50.4 Å². The third-order valence-electron chi connectivity index (χ3n) is 4.77. The zero-order chi connectivity index (χ0) is 20.1. The number of hydrogen-bond acceptors (Lipinski definition) is 6. The van der Waals surface area contributed by atoms with Crippen LogP contribution in [0.25, 0.3) is 0 Å². The average molecular weight is 383 g/mol. The van der Waals surface area contributed by atoms with Crippen molar-refractivity contribution in [2.45, 2.75) is 32.7 Å². The number of hydrogen-bond donors (Lipinski definition) is 2. The van der Waals surface area contributed by atoms with Gasteiger partial charge in [-0.1, -0.05) is 12.1 Å². The van der Waals surface area contributed by atoms with Crippen LogP contribution in [0.2, 0.25) is 0 Å². The van der Waals surface area contributed by atoms with Crippen LogP contribution < -0.4 is 15.8 Å². The third kappa shape index (κ3) is 4.39. The maximum atomic E-state index is 12.7. The van der Waals surface area contributed by atoms with Gasteiger partial charge in [-0.3, -0.25) is 9.59 Å². The van der Waals surface area contributed by atoms with Gasteiger partial charge in [0.05, 0.1) is 12.8 Å². The molecule has 8 heteroatoms. The number of ether oxygens (including phenoxy) is 1. The lowest BCUT2D eigenvalue weighted by molar-refractivity contribution is -0.132. The van der Waals surface area contributed by atoms with E-state index in [-0.39, 0.29) is 11.6 Å². The summed E-state index contributed by atoms with van der Waals surface area (Å²) in [7, 11) is 1.62. The van der Waals surface area contributed by atoms with Gasteiger partial charge in [0.25, 0.3) is 5.91 Å². The number of methoxy groups -OCH3 is 1. The van der Waals surface area contributed by atoms with Gasteiger partial charge in [0, 0.05) is 38.0 Å². The summed E-state index contributed by atoms with van der Waals surface area (Å²) in [5.74, 6) is 0.617. The highest BCUT2D eigenvalue weighted by Gasteiger charge is 2.27. The van der Waals surface area contributed by atoms with Crippen LogP contribution in [0.1, 0.15) is 40.7 Å². The van der Waals surface area contributed by atoms with Crippen LogP contribution in [0.4, 0.5) is 5.95 Å². The number of primary amides is 1. The molecule has 28 heavy (non-hydrogen) atoms. The first-order valence-corrected chi connectivity index (χ1v) is 9.36. The lowest BCUT2D eigenvalue weighted by atomic mass is 10.0. The highest BCUT2D eigenvalue weighted by atomic mass is 16.5. The Balaban J connectivity index is 1.69. The highest BCUT2D eigenvalue weighted by molar-refractivity contribution is 5.93. The number of nitrogens with one attached hydrogen (secondary N) is 1. The van der Waals surface area contributed by atoms with E-state index < -0.39 is 5.91 Å². The molecule has 0 bridgehead atoms. The number of nitrogens with two attached hydrogens (primary N) is 1. The molecule has 0 atom stereocenters. The number of carbonyl (C=O) groups is 2. The molecule has 0 unspecified atom stereocenters. The molecule has 0 aliphatic carbocycles. The smallest absolute Gasteiger partial charge is 0.267 e. The Morgan fingerprint density at radius 1 is 1.25 bits per heavy atom. The van der Waals surface area contributed by atoms with Crippen molar-refractivity contribution in [1.29, 1.82) is 0 Å². The largest absolute Gasteiger partial charge is 0.497 e. The minimum absolute atomic E-state index is 0.0349. The molecule has 0 fully saturated rings. The summed E-state index contributed by atoms with van der Waals surface area (Å²) < 4.78 is 5.15. The summed E-state index contributed by atoms with van der Waals surface area (Å²) in [5.41, 5.74) is 8.20. The normalized spacial score (nSPS) is 13.0. The van der Waals surface area contributed by atoms with Crippen LogP contribution in [-0.4, -0.2) is 46.9 Å². The lowest BCUT2D eigenvalue weighted by Gasteiger charge is -2.29. The van der Waals surface area contributed by atoms with Crippen molar-refractivity contribution in [2.75, 3.05) is 25.5 Å². The standard InChI is InChI=1S/C20H25N5O3/c1-3-22-20-23-16-10-11-25(12-15(16)18(24-20)19(21)27)17(26)9-6-13-4-7-14(28-2)8-5-13/h4-5,7-8H,3,6,9-12H2,1-2H3,(H2,21,27)(H,22,23,24). The predicted octanol–water partition coefficient (Wildman–Crippen LogP) is 1.53. The van der Waals surface area contributed by atoms with Crippen molar-refractivity contribution in [3.8, 4) is 5.75 Å². The second-order valence-corrected chi connectivity index (χ2v) is 6.63. The van der Waals surface area contributed by atoms with E-state index in [9.17, 15) is 9.59 Å². The summed E-state index contributed by atoms with van der Waals surface area (Å²) in [4.78, 5) is 35.0. The van der Waals surface area contributed by atoms with Crippen LogP contribution in [-0.2, 0) is 24.2 Å². The molecule has 1 aliphatic heterocycles. The number of amides is 2. The Hall–Kier alpha value is -3.16. The van der Waals surface area contributed by atoms with Crippen LogP contribution in [0.3, 0.4) is 0 Å². The molecule has 3 rings (SSSR count). The fourth-order valence-corrected chi connectivity index (χ4v) is 3.27. The van der Waals surface area contributed by atoms with Crippen molar-refractivity contribution in [1.82, 2.24) is 14.9 Å². The monoisotopic (exact) mass is 383 g/mol. The quantitative estimate of drug-likeness (QED) is 0.750. The molecular weight excluding hydrogens is 358 g/mol. The Kier molecular flexibility index (Phi) is 6.08. The molecule has 3 N–H and O–H groups in total. The molecule has 8 nitrogen and oxygen atoms in total. The maximum absolute atomic E-state index is 12.7. The van der Waals surface area contributed by atoms with E-state index in [0.717, 1.165) is 17.0 Å². The topological polar surface area (TPSA) is 110 Å². The predicted molar refractivity (Wildman–Crippen MR) is 105 cm³/mol. The summed E-state index contributed by atoms with van der Waals surface area (Å²) in [6, 6.07) is 7.68. The van der Waals surface area contributed by atoms with Gasteiger partial charge < -0.3 is 20.7 Å². The number of aromatic nitrogens is 2. The second kappa shape index (κ2) is 8.69. The first kappa shape index (κ1) is 19.6. The first-order chi connectivity index (χ1) is 13.5. The Bertz CT molecular complexity index is 867. The zero-order valence-corrected chi connectivity index (χ0v) is 16.2. The average Bonchev–Trinajstić information content (AvgIpc) is 2.71. The van der Waals surface area contributed by atoms with Crippen molar-refractivity contribution < 1.29 is 14.3 Å². The Labute approximate surface area is 164 Å². The van der Waals surface area contributed by atoms with Crippen molar-refractivity contribution >= 4 is 17.8 Å². The van der Waals surface area contributed by atoms with E-state index >= 15 is 0 Å². The van der Waals surface area contributed by atoms with E-state index in [1.165, 1.54) is 0 Å². The Morgan fingerprint density at radius 2 is 2.00 bits per heavy atom. The summed E-state index contributed by atoms with van der Waals surface area (Å²) in [6.45, 7) is 3.44. The molecule has 1 aliphatic rings. The van der Waals surface area contributed by atoms with E-state index in [1.54, 1.807) is 12.0 Å². The summed E-state index contributed by atoms with van der Waals surface area (Å²) in [6.07, 6.45) is 1.61. The molecule has 0 saturated carbocycles. The zero-order valence-electron chi connectivity index (χ0n) is 16.2. The molecule has 0 saturated heterocycles. The highest BCUT2D eigenvalue weighted by Crippen LogP contribution is 2.23. The fraction of sp³-hybridized carbons (Fsp3) is 0.400. The summed E-state index contributed by atoms with van der Waals surface area (Å²) in [5, 5.41) is 3.01. The van der Waals surface area contributed by atoms with E-state index in [4.69, 9.17) is 10.5 Å². The fourth-order valence-electron chi connectivity index (χ4n) is 3.27. The van der Waals surface area contributed by atoms with Gasteiger partial charge in [-0.15, -0.1) is 0 Å². The second-order valence-electron chi connectivity index (χ2n) is 6.63. The third-order valence-corrected chi connectivity index (χ3v) is 4.77. The van der Waals surface area contributed by atoms with Gasteiger partial charge in [0.2, 0.25) is 11.9 Å². The van der Waals surface area contributed by atoms with Gasteiger partial charge in [-0.2, -0.15) is 0 Å². The molecule has 1 aromatic carbocycles. The molecule has 0 spiro atoms. The molecule has 2 heterocycles. The van der Waals surface area contributed by atoms with Crippen molar-refractivity contribution in [3.05, 3.63) is 46.8 Å². The van der Waals surface area contributed by atoms with Crippen molar-refractivity contribution in [2.24, 2.45) is 5.73 Å². The van der Waals surface area contributed by atoms with E-state index in [2.05, 4.69) is 15.3 Å². The van der Waals surface area contributed by atoms with Crippen LogP contribution in [0.5, 0.6) is 5.75 Å². The first-order valence-electron chi connectivity index (χ1n) is 9.36. The number of anilines is 1. The number of fused-ring (bicyclic) bond motifs is 1. The molecule has 2 aromatic rings. The lowest BCUT2D eigenvalue weighted by Crippen LogP contribution is -2.38. The Morgan fingerprint density at radius 3 is 2.64 bits per heavy atom. The molecule has 2 amide bonds. The SMILES string of the molecule is CCNc1nc2c(c(C(N)=O)n1)CN(C(=O)CCc1ccc(OC)cc1)CC2. The molecular formula is C20H25N5O3. The minimum atomic E-state index is -0.606. The number of aryl methyl sites for hydroxylation is 1. The van der Waals surface area contributed by atoms with Crippen LogP contribution in [0, 0.1) is 0 Å². The number of nitrogens with zero attached hydrogens (tertiary/aromatic N) is 3. The molecule has 0 radical (unpaired) electrons. The van der Waals surface area contributed by atoms with Gasteiger partial charge in [0.15, 0.2) is 0 Å².